The fraction of sp³-hybridized carbons (Fsp3) is 0.389. The van der Waals surface area contributed by atoms with E-state index in [1.54, 1.807) is 0 Å². The second kappa shape index (κ2) is 6.08. The molecule has 2 aromatic rings. The van der Waals surface area contributed by atoms with Crippen LogP contribution in [0.1, 0.15) is 6.42 Å². The highest BCUT2D eigenvalue weighted by Crippen LogP contribution is 2.23. The minimum absolute atomic E-state index is 0.0806. The van der Waals surface area contributed by atoms with Crippen LogP contribution >= 0.6 is 0 Å². The van der Waals surface area contributed by atoms with Crippen molar-refractivity contribution in [1.29, 1.82) is 0 Å². The topological polar surface area (TPSA) is 40.5 Å². The van der Waals surface area contributed by atoms with Gasteiger partial charge in [-0.25, -0.2) is 4.79 Å². The quantitative estimate of drug-likeness (QED) is 0.940. The predicted molar refractivity (Wildman–Crippen MR) is 92.2 cm³/mol. The zero-order valence-electron chi connectivity index (χ0n) is 13.2. The molecule has 23 heavy (non-hydrogen) atoms. The molecule has 5 heteroatoms. The number of para-hydroxylation sites is 1. The summed E-state index contributed by atoms with van der Waals surface area (Å²) in [6.07, 6.45) is 5.53. The van der Waals surface area contributed by atoms with E-state index in [1.165, 1.54) is 16.6 Å². The molecule has 1 N–H and O–H groups in total. The molecule has 2 aliphatic heterocycles. The highest BCUT2D eigenvalue weighted by atomic mass is 16.2. The molecule has 1 aromatic heterocycles. The number of urea groups is 1. The van der Waals surface area contributed by atoms with Crippen molar-refractivity contribution in [2.45, 2.75) is 6.42 Å². The van der Waals surface area contributed by atoms with Crippen molar-refractivity contribution >= 4 is 22.6 Å². The third-order valence-corrected chi connectivity index (χ3v) is 4.81. The maximum atomic E-state index is 11.6. The van der Waals surface area contributed by atoms with Gasteiger partial charge in [-0.1, -0.05) is 24.3 Å². The van der Waals surface area contributed by atoms with Gasteiger partial charge in [0.05, 0.1) is 5.52 Å². The minimum atomic E-state index is 0.0806. The second-order valence-electron chi connectivity index (χ2n) is 6.21. The molecule has 1 aromatic carbocycles. The Balaban J connectivity index is 1.40. The normalized spacial score (nSPS) is 19.2. The highest BCUT2D eigenvalue weighted by molar-refractivity contribution is 5.83. The van der Waals surface area contributed by atoms with Crippen LogP contribution in [0, 0.1) is 0 Å². The Morgan fingerprint density at radius 1 is 1.09 bits per heavy atom. The smallest absolute Gasteiger partial charge is 0.317 e. The van der Waals surface area contributed by atoms with Crippen molar-refractivity contribution in [3.63, 3.8) is 0 Å². The first-order valence-electron chi connectivity index (χ1n) is 8.32. The van der Waals surface area contributed by atoms with E-state index in [9.17, 15) is 4.79 Å². The summed E-state index contributed by atoms with van der Waals surface area (Å²) in [5.41, 5.74) is 2.65. The lowest BCUT2D eigenvalue weighted by Gasteiger charge is -2.28. The molecule has 2 aliphatic rings. The van der Waals surface area contributed by atoms with Crippen LogP contribution in [0.25, 0.3) is 16.6 Å². The summed E-state index contributed by atoms with van der Waals surface area (Å²) in [4.78, 5) is 15.9. The number of carbonyl (C=O) groups excluding carboxylic acids is 1. The van der Waals surface area contributed by atoms with E-state index in [4.69, 9.17) is 0 Å². The summed E-state index contributed by atoms with van der Waals surface area (Å²) < 4.78 is 2.31. The summed E-state index contributed by atoms with van der Waals surface area (Å²) in [5, 5.41) is 4.14. The molecular formula is C18H22N4O. The van der Waals surface area contributed by atoms with Gasteiger partial charge in [0.25, 0.3) is 0 Å². The number of hydrogen-bond acceptors (Lipinski definition) is 2. The molecule has 1 fully saturated rings. The Morgan fingerprint density at radius 2 is 2.00 bits per heavy atom. The molecule has 120 valence electrons. The van der Waals surface area contributed by atoms with Crippen LogP contribution in [-0.2, 0) is 0 Å². The van der Waals surface area contributed by atoms with Crippen molar-refractivity contribution < 1.29 is 4.79 Å². The fourth-order valence-electron chi connectivity index (χ4n) is 3.44. The number of fused-ring (bicyclic) bond motifs is 1. The molecule has 1 saturated heterocycles. The number of amides is 2. The van der Waals surface area contributed by atoms with Crippen molar-refractivity contribution in [1.82, 2.24) is 19.7 Å². The monoisotopic (exact) mass is 310 g/mol. The molecule has 0 unspecified atom stereocenters. The molecule has 0 saturated carbocycles. The van der Waals surface area contributed by atoms with Crippen LogP contribution in [0.3, 0.4) is 0 Å². The molecule has 0 bridgehead atoms. The van der Waals surface area contributed by atoms with Gasteiger partial charge < -0.3 is 14.8 Å². The van der Waals surface area contributed by atoms with E-state index in [0.717, 1.165) is 45.7 Å². The first-order chi connectivity index (χ1) is 11.3. The van der Waals surface area contributed by atoms with Crippen molar-refractivity contribution in [2.24, 2.45) is 0 Å². The third-order valence-electron chi connectivity index (χ3n) is 4.81. The van der Waals surface area contributed by atoms with Gasteiger partial charge in [-0.2, -0.15) is 0 Å². The van der Waals surface area contributed by atoms with Gasteiger partial charge in [-0.05, 0) is 17.5 Å². The Morgan fingerprint density at radius 3 is 2.78 bits per heavy atom. The first-order valence-corrected chi connectivity index (χ1v) is 8.32. The molecule has 0 radical (unpaired) electrons. The van der Waals surface area contributed by atoms with Crippen LogP contribution in [0.4, 0.5) is 4.79 Å². The van der Waals surface area contributed by atoms with Gasteiger partial charge in [0.15, 0.2) is 0 Å². The lowest BCUT2D eigenvalue weighted by molar-refractivity contribution is 0.204. The van der Waals surface area contributed by atoms with Gasteiger partial charge in [-0.15, -0.1) is 0 Å². The van der Waals surface area contributed by atoms with Crippen molar-refractivity contribution in [3.05, 3.63) is 42.6 Å². The number of carbonyl (C=O) groups is 1. The molecule has 0 spiro atoms. The SMILES string of the molecule is O=C1NCCN1CCN1CC=C(n2ccc3ccccc32)CC1. The van der Waals surface area contributed by atoms with E-state index >= 15 is 0 Å². The van der Waals surface area contributed by atoms with Crippen LogP contribution in [0.15, 0.2) is 42.6 Å². The van der Waals surface area contributed by atoms with Crippen molar-refractivity contribution in [2.75, 3.05) is 39.3 Å². The first kappa shape index (κ1) is 14.3. The summed E-state index contributed by atoms with van der Waals surface area (Å²) in [6, 6.07) is 10.8. The van der Waals surface area contributed by atoms with Crippen molar-refractivity contribution in [3.8, 4) is 0 Å². The second-order valence-corrected chi connectivity index (χ2v) is 6.21. The maximum absolute atomic E-state index is 11.6. The summed E-state index contributed by atoms with van der Waals surface area (Å²) in [6.45, 7) is 5.39. The third kappa shape index (κ3) is 2.84. The predicted octanol–water partition coefficient (Wildman–Crippen LogP) is 2.21. The number of benzene rings is 1. The van der Waals surface area contributed by atoms with E-state index in [1.807, 2.05) is 4.90 Å². The van der Waals surface area contributed by atoms with Gasteiger partial charge in [0.2, 0.25) is 0 Å². The van der Waals surface area contributed by atoms with Crippen LogP contribution < -0.4 is 5.32 Å². The van der Waals surface area contributed by atoms with Crippen LogP contribution in [0.5, 0.6) is 0 Å². The molecule has 5 nitrogen and oxygen atoms in total. The summed E-state index contributed by atoms with van der Waals surface area (Å²) in [7, 11) is 0. The summed E-state index contributed by atoms with van der Waals surface area (Å²) in [5.74, 6) is 0. The van der Waals surface area contributed by atoms with Crippen LogP contribution in [-0.4, -0.2) is 59.7 Å². The minimum Gasteiger partial charge on any atom is -0.336 e. The van der Waals surface area contributed by atoms with E-state index in [0.29, 0.717) is 0 Å². The Bertz CT molecular complexity index is 748. The standard InChI is InChI=1S/C18H22N4O/c23-18-19-8-12-21(18)14-13-20-9-6-16(7-10-20)22-11-5-15-3-1-2-4-17(15)22/h1-6,11H,7-10,12-14H2,(H,19,23). The summed E-state index contributed by atoms with van der Waals surface area (Å²) >= 11 is 0. The molecule has 2 amide bonds. The largest absolute Gasteiger partial charge is 0.336 e. The molecule has 4 rings (SSSR count). The Labute approximate surface area is 136 Å². The van der Waals surface area contributed by atoms with Crippen LogP contribution in [0.2, 0.25) is 0 Å². The maximum Gasteiger partial charge on any atom is 0.317 e. The Kier molecular flexibility index (Phi) is 3.79. The van der Waals surface area contributed by atoms with E-state index < -0.39 is 0 Å². The zero-order chi connectivity index (χ0) is 15.6. The number of nitrogens with zero attached hydrogens (tertiary/aromatic N) is 3. The molecule has 3 heterocycles. The number of aromatic nitrogens is 1. The molecular weight excluding hydrogens is 288 g/mol. The van der Waals surface area contributed by atoms with Gasteiger partial charge in [0, 0.05) is 57.6 Å². The number of hydrogen-bond donors (Lipinski definition) is 1. The average Bonchev–Trinajstić information content (AvgIpc) is 3.20. The number of nitrogens with one attached hydrogen (secondary N) is 1. The van der Waals surface area contributed by atoms with E-state index in [-0.39, 0.29) is 6.03 Å². The Hall–Kier alpha value is -2.27. The molecule has 0 atom stereocenters. The lowest BCUT2D eigenvalue weighted by Crippen LogP contribution is -2.38. The highest BCUT2D eigenvalue weighted by Gasteiger charge is 2.20. The van der Waals surface area contributed by atoms with Gasteiger partial charge in [-0.3, -0.25) is 4.90 Å². The average molecular weight is 310 g/mol. The molecule has 0 aliphatic carbocycles. The lowest BCUT2D eigenvalue weighted by atomic mass is 10.2. The van der Waals surface area contributed by atoms with Gasteiger partial charge >= 0.3 is 6.03 Å². The van der Waals surface area contributed by atoms with E-state index in [2.05, 4.69) is 57.4 Å². The van der Waals surface area contributed by atoms with Gasteiger partial charge in [0.1, 0.15) is 0 Å². The zero-order valence-corrected chi connectivity index (χ0v) is 13.2. The number of rotatable bonds is 4. The fourth-order valence-corrected chi connectivity index (χ4v) is 3.44.